The van der Waals surface area contributed by atoms with E-state index in [1.54, 1.807) is 0 Å². The van der Waals surface area contributed by atoms with Crippen LogP contribution in [0.5, 0.6) is 0 Å². The van der Waals surface area contributed by atoms with Crippen LogP contribution in [0, 0.1) is 0 Å². The van der Waals surface area contributed by atoms with Crippen molar-refractivity contribution in [1.29, 1.82) is 0 Å². The van der Waals surface area contributed by atoms with Gasteiger partial charge < -0.3 is 5.32 Å². The van der Waals surface area contributed by atoms with Gasteiger partial charge in [0.1, 0.15) is 5.82 Å². The maximum atomic E-state index is 4.47. The van der Waals surface area contributed by atoms with Crippen LogP contribution in [0.4, 0.5) is 0 Å². The van der Waals surface area contributed by atoms with E-state index < -0.39 is 0 Å². The molecule has 0 radical (unpaired) electrons. The summed E-state index contributed by atoms with van der Waals surface area (Å²) < 4.78 is 0. The molecular formula is C15H25N3S. The lowest BCUT2D eigenvalue weighted by molar-refractivity contribution is 0.516. The third kappa shape index (κ3) is 5.49. The van der Waals surface area contributed by atoms with E-state index in [4.69, 9.17) is 0 Å². The summed E-state index contributed by atoms with van der Waals surface area (Å²) in [6, 6.07) is 0. The van der Waals surface area contributed by atoms with Crippen molar-refractivity contribution in [3.8, 4) is 0 Å². The summed E-state index contributed by atoms with van der Waals surface area (Å²) in [5.41, 5.74) is 1.18. The average molecular weight is 279 g/mol. The third-order valence-electron chi connectivity index (χ3n) is 3.52. The van der Waals surface area contributed by atoms with Crippen molar-refractivity contribution in [2.75, 3.05) is 6.54 Å². The first-order valence-corrected chi connectivity index (χ1v) is 8.55. The van der Waals surface area contributed by atoms with Crippen LogP contribution in [0.15, 0.2) is 12.4 Å². The van der Waals surface area contributed by atoms with Gasteiger partial charge in [0.05, 0.1) is 5.75 Å². The molecule has 0 unspecified atom stereocenters. The van der Waals surface area contributed by atoms with Crippen LogP contribution in [-0.2, 0) is 12.3 Å². The molecule has 4 heteroatoms. The second kappa shape index (κ2) is 8.54. The fraction of sp³-hybridized carbons (Fsp3) is 0.733. The van der Waals surface area contributed by atoms with Crippen LogP contribution in [0.3, 0.4) is 0 Å². The van der Waals surface area contributed by atoms with E-state index >= 15 is 0 Å². The summed E-state index contributed by atoms with van der Waals surface area (Å²) in [6.07, 6.45) is 12.1. The Morgan fingerprint density at radius 3 is 2.63 bits per heavy atom. The molecule has 1 heterocycles. The summed E-state index contributed by atoms with van der Waals surface area (Å²) >= 11 is 2.04. The molecule has 106 valence electrons. The second-order valence-corrected chi connectivity index (χ2v) is 6.54. The topological polar surface area (TPSA) is 37.8 Å². The SMILES string of the molecule is CCCNCc1cnc(CSC2CCCCC2)nc1. The average Bonchev–Trinajstić information content (AvgIpc) is 2.48. The van der Waals surface area contributed by atoms with Crippen molar-refractivity contribution in [3.05, 3.63) is 23.8 Å². The summed E-state index contributed by atoms with van der Waals surface area (Å²) in [4.78, 5) is 8.94. The number of hydrogen-bond donors (Lipinski definition) is 1. The van der Waals surface area contributed by atoms with Crippen LogP contribution < -0.4 is 5.32 Å². The van der Waals surface area contributed by atoms with E-state index in [2.05, 4.69) is 22.2 Å². The highest BCUT2D eigenvalue weighted by molar-refractivity contribution is 7.99. The Balaban J connectivity index is 1.71. The number of nitrogens with zero attached hydrogens (tertiary/aromatic N) is 2. The van der Waals surface area contributed by atoms with Crippen LogP contribution in [-0.4, -0.2) is 21.8 Å². The number of thioether (sulfide) groups is 1. The third-order valence-corrected chi connectivity index (χ3v) is 4.88. The first kappa shape index (κ1) is 14.8. The minimum absolute atomic E-state index is 0.836. The van der Waals surface area contributed by atoms with Gasteiger partial charge in [-0.3, -0.25) is 0 Å². The quantitative estimate of drug-likeness (QED) is 0.775. The molecule has 1 fully saturated rings. The molecule has 1 aromatic heterocycles. The molecule has 0 amide bonds. The van der Waals surface area contributed by atoms with Crippen LogP contribution in [0.2, 0.25) is 0 Å². The fourth-order valence-electron chi connectivity index (χ4n) is 2.38. The van der Waals surface area contributed by atoms with Gasteiger partial charge in [0.25, 0.3) is 0 Å². The summed E-state index contributed by atoms with van der Waals surface area (Å²) in [6.45, 7) is 4.11. The molecule has 1 N–H and O–H groups in total. The van der Waals surface area contributed by atoms with Crippen molar-refractivity contribution < 1.29 is 0 Å². The van der Waals surface area contributed by atoms with E-state index in [9.17, 15) is 0 Å². The largest absolute Gasteiger partial charge is 0.313 e. The fourth-order valence-corrected chi connectivity index (χ4v) is 3.58. The van der Waals surface area contributed by atoms with E-state index in [0.29, 0.717) is 0 Å². The lowest BCUT2D eigenvalue weighted by atomic mass is 10.0. The van der Waals surface area contributed by atoms with Gasteiger partial charge in [0.2, 0.25) is 0 Å². The molecule has 0 saturated heterocycles. The molecule has 1 aromatic rings. The minimum Gasteiger partial charge on any atom is -0.313 e. The molecule has 1 aliphatic rings. The minimum atomic E-state index is 0.836. The molecule has 1 aliphatic carbocycles. The normalized spacial score (nSPS) is 16.7. The monoisotopic (exact) mass is 279 g/mol. The number of rotatable bonds is 7. The standard InChI is InChI=1S/C15H25N3S/c1-2-8-16-9-13-10-17-15(18-11-13)12-19-14-6-4-3-5-7-14/h10-11,14,16H,2-9,12H2,1H3. The zero-order chi connectivity index (χ0) is 13.3. The highest BCUT2D eigenvalue weighted by atomic mass is 32.2. The Bertz CT molecular complexity index is 347. The highest BCUT2D eigenvalue weighted by Crippen LogP contribution is 2.29. The van der Waals surface area contributed by atoms with Gasteiger partial charge in [0.15, 0.2) is 0 Å². The first-order chi connectivity index (χ1) is 9.38. The van der Waals surface area contributed by atoms with E-state index in [0.717, 1.165) is 36.3 Å². The van der Waals surface area contributed by atoms with Crippen molar-refractivity contribution >= 4 is 11.8 Å². The molecule has 0 aromatic carbocycles. The maximum absolute atomic E-state index is 4.47. The van der Waals surface area contributed by atoms with E-state index in [-0.39, 0.29) is 0 Å². The smallest absolute Gasteiger partial charge is 0.138 e. The van der Waals surface area contributed by atoms with Gasteiger partial charge in [0, 0.05) is 29.8 Å². The first-order valence-electron chi connectivity index (χ1n) is 7.50. The van der Waals surface area contributed by atoms with Crippen LogP contribution in [0.25, 0.3) is 0 Å². The lowest BCUT2D eigenvalue weighted by Gasteiger charge is -2.20. The zero-order valence-corrected chi connectivity index (χ0v) is 12.7. The molecule has 3 nitrogen and oxygen atoms in total. The summed E-state index contributed by atoms with van der Waals surface area (Å²) in [7, 11) is 0. The molecule has 0 atom stereocenters. The Hall–Kier alpha value is -0.610. The highest BCUT2D eigenvalue weighted by Gasteiger charge is 2.14. The molecule has 0 spiro atoms. The predicted octanol–water partition coefficient (Wildman–Crippen LogP) is 3.54. The number of nitrogens with one attached hydrogen (secondary N) is 1. The maximum Gasteiger partial charge on any atom is 0.138 e. The molecule has 1 saturated carbocycles. The van der Waals surface area contributed by atoms with Gasteiger partial charge >= 0.3 is 0 Å². The number of hydrogen-bond acceptors (Lipinski definition) is 4. The molecule has 0 bridgehead atoms. The van der Waals surface area contributed by atoms with Gasteiger partial charge in [-0.05, 0) is 25.8 Å². The second-order valence-electron chi connectivity index (χ2n) is 5.26. The predicted molar refractivity (Wildman–Crippen MR) is 82.2 cm³/mol. The summed E-state index contributed by atoms with van der Waals surface area (Å²) in [5.74, 6) is 1.95. The van der Waals surface area contributed by atoms with Crippen molar-refractivity contribution in [2.45, 2.75) is 63.0 Å². The van der Waals surface area contributed by atoms with Gasteiger partial charge in [-0.25, -0.2) is 9.97 Å². The van der Waals surface area contributed by atoms with Gasteiger partial charge in [-0.1, -0.05) is 26.2 Å². The van der Waals surface area contributed by atoms with Crippen LogP contribution >= 0.6 is 11.8 Å². The molecule has 19 heavy (non-hydrogen) atoms. The zero-order valence-electron chi connectivity index (χ0n) is 11.9. The molecule has 0 aliphatic heterocycles. The van der Waals surface area contributed by atoms with Crippen molar-refractivity contribution in [3.63, 3.8) is 0 Å². The van der Waals surface area contributed by atoms with Crippen LogP contribution in [0.1, 0.15) is 56.8 Å². The molecular weight excluding hydrogens is 254 g/mol. The Morgan fingerprint density at radius 2 is 1.95 bits per heavy atom. The molecule has 2 rings (SSSR count). The number of aromatic nitrogens is 2. The Kier molecular flexibility index (Phi) is 6.65. The summed E-state index contributed by atoms with van der Waals surface area (Å²) in [5, 5.41) is 4.21. The van der Waals surface area contributed by atoms with Crippen molar-refractivity contribution in [1.82, 2.24) is 15.3 Å². The van der Waals surface area contributed by atoms with E-state index in [1.165, 1.54) is 37.7 Å². The van der Waals surface area contributed by atoms with Gasteiger partial charge in [-0.2, -0.15) is 11.8 Å². The lowest BCUT2D eigenvalue weighted by Crippen LogP contribution is -2.14. The van der Waals surface area contributed by atoms with Gasteiger partial charge in [-0.15, -0.1) is 0 Å². The van der Waals surface area contributed by atoms with E-state index in [1.807, 2.05) is 24.2 Å². The Morgan fingerprint density at radius 1 is 1.21 bits per heavy atom. The Labute approximate surface area is 121 Å². The van der Waals surface area contributed by atoms with Crippen molar-refractivity contribution in [2.24, 2.45) is 0 Å².